The SMILES string of the molecule is O=C(O)CCNC(=O)c1ccc(CN(Cc2ccc(Br)cc2)c2nc(-c3ccc4c(c3)OCO4)cs2)cc1. The number of carboxylic acid groups (broad SMARTS) is 1. The number of fused-ring (bicyclic) bond motifs is 1. The van der Waals surface area contributed by atoms with Crippen LogP contribution in [0, 0.1) is 0 Å². The Bertz CT molecular complexity index is 1440. The van der Waals surface area contributed by atoms with Crippen molar-refractivity contribution in [2.24, 2.45) is 0 Å². The van der Waals surface area contributed by atoms with Crippen molar-refractivity contribution < 1.29 is 24.2 Å². The molecule has 1 aromatic heterocycles. The Morgan fingerprint density at radius 1 is 0.974 bits per heavy atom. The number of aliphatic carboxylic acids is 1. The van der Waals surface area contributed by atoms with Gasteiger partial charge in [-0.15, -0.1) is 11.3 Å². The molecule has 0 unspecified atom stereocenters. The van der Waals surface area contributed by atoms with E-state index < -0.39 is 5.97 Å². The highest BCUT2D eigenvalue weighted by atomic mass is 79.9. The van der Waals surface area contributed by atoms with Gasteiger partial charge in [-0.25, -0.2) is 4.98 Å². The molecular weight excluding hydrogens is 570 g/mol. The number of anilines is 1. The standard InChI is InChI=1S/C28H24BrN3O5S/c29-22-8-3-19(4-9-22)15-32(14-18-1-5-20(6-2-18)27(35)30-12-11-26(33)34)28-31-23(16-38-28)21-7-10-24-25(13-21)37-17-36-24/h1-10,13,16H,11-12,14-15,17H2,(H,30,35)(H,33,34). The van der Waals surface area contributed by atoms with Crippen molar-refractivity contribution in [1.82, 2.24) is 10.3 Å². The Morgan fingerprint density at radius 2 is 1.66 bits per heavy atom. The van der Waals surface area contributed by atoms with E-state index in [4.69, 9.17) is 19.6 Å². The minimum Gasteiger partial charge on any atom is -0.481 e. The molecule has 0 aliphatic carbocycles. The number of benzene rings is 3. The fourth-order valence-corrected chi connectivity index (χ4v) is 5.07. The fourth-order valence-electron chi connectivity index (χ4n) is 3.97. The summed E-state index contributed by atoms with van der Waals surface area (Å²) in [6.07, 6.45) is -0.114. The molecule has 3 aromatic carbocycles. The van der Waals surface area contributed by atoms with E-state index in [1.807, 2.05) is 47.8 Å². The highest BCUT2D eigenvalue weighted by Crippen LogP contribution is 2.37. The van der Waals surface area contributed by atoms with E-state index >= 15 is 0 Å². The summed E-state index contributed by atoms with van der Waals surface area (Å²) in [5.74, 6) is 0.212. The molecule has 0 fully saturated rings. The number of rotatable bonds is 10. The van der Waals surface area contributed by atoms with Crippen LogP contribution in [0.4, 0.5) is 5.13 Å². The Balaban J connectivity index is 1.34. The monoisotopic (exact) mass is 593 g/mol. The van der Waals surface area contributed by atoms with Crippen LogP contribution in [0.25, 0.3) is 11.3 Å². The van der Waals surface area contributed by atoms with Crippen LogP contribution in [-0.4, -0.2) is 35.3 Å². The summed E-state index contributed by atoms with van der Waals surface area (Å²) in [7, 11) is 0. The quantitative estimate of drug-likeness (QED) is 0.243. The number of aromatic nitrogens is 1. The maximum atomic E-state index is 12.3. The Hall–Kier alpha value is -3.89. The third-order valence-corrected chi connectivity index (χ3v) is 7.36. The molecule has 10 heteroatoms. The minimum absolute atomic E-state index is 0.0899. The molecule has 1 aliphatic rings. The molecule has 5 rings (SSSR count). The molecule has 8 nitrogen and oxygen atoms in total. The Morgan fingerprint density at radius 3 is 2.37 bits per heavy atom. The summed E-state index contributed by atoms with van der Waals surface area (Å²) in [5, 5.41) is 14.3. The highest BCUT2D eigenvalue weighted by Gasteiger charge is 2.18. The number of amides is 1. The van der Waals surface area contributed by atoms with Gasteiger partial charge in [0.1, 0.15) is 0 Å². The summed E-state index contributed by atoms with van der Waals surface area (Å²) in [6, 6.07) is 21.3. The van der Waals surface area contributed by atoms with E-state index in [1.165, 1.54) is 0 Å². The van der Waals surface area contributed by atoms with Gasteiger partial charge in [-0.3, -0.25) is 9.59 Å². The molecule has 0 radical (unpaired) electrons. The maximum Gasteiger partial charge on any atom is 0.305 e. The third-order valence-electron chi connectivity index (χ3n) is 5.93. The van der Waals surface area contributed by atoms with Crippen LogP contribution >= 0.6 is 27.3 Å². The van der Waals surface area contributed by atoms with Gasteiger partial charge in [-0.2, -0.15) is 0 Å². The van der Waals surface area contributed by atoms with Crippen molar-refractivity contribution in [3.8, 4) is 22.8 Å². The van der Waals surface area contributed by atoms with Crippen molar-refractivity contribution in [3.05, 3.63) is 93.3 Å². The molecule has 38 heavy (non-hydrogen) atoms. The largest absolute Gasteiger partial charge is 0.481 e. The van der Waals surface area contributed by atoms with Crippen molar-refractivity contribution in [2.45, 2.75) is 19.5 Å². The number of nitrogens with zero attached hydrogens (tertiary/aromatic N) is 2. The number of nitrogens with one attached hydrogen (secondary N) is 1. The second-order valence-corrected chi connectivity index (χ2v) is 10.4. The number of ether oxygens (including phenoxy) is 2. The molecule has 1 aliphatic heterocycles. The molecular formula is C28H24BrN3O5S. The normalized spacial score (nSPS) is 11.8. The van der Waals surface area contributed by atoms with Crippen molar-refractivity contribution >= 4 is 44.3 Å². The van der Waals surface area contributed by atoms with Crippen LogP contribution < -0.4 is 19.7 Å². The molecule has 0 saturated carbocycles. The lowest BCUT2D eigenvalue weighted by Gasteiger charge is -2.22. The summed E-state index contributed by atoms with van der Waals surface area (Å²) < 4.78 is 12.0. The van der Waals surface area contributed by atoms with Crippen LogP contribution in [0.2, 0.25) is 0 Å². The number of hydrogen-bond acceptors (Lipinski definition) is 7. The molecule has 2 N–H and O–H groups in total. The maximum absolute atomic E-state index is 12.3. The van der Waals surface area contributed by atoms with Gasteiger partial charge < -0.3 is 24.8 Å². The average Bonchev–Trinajstić information content (AvgIpc) is 3.59. The smallest absolute Gasteiger partial charge is 0.305 e. The van der Waals surface area contributed by atoms with Crippen LogP contribution in [0.3, 0.4) is 0 Å². The predicted molar refractivity (Wildman–Crippen MR) is 149 cm³/mol. The van der Waals surface area contributed by atoms with Gasteiger partial charge in [0.2, 0.25) is 6.79 Å². The second-order valence-electron chi connectivity index (χ2n) is 8.66. The number of halogens is 1. The topological polar surface area (TPSA) is 101 Å². The lowest BCUT2D eigenvalue weighted by atomic mass is 10.1. The number of hydrogen-bond donors (Lipinski definition) is 2. The molecule has 1 amide bonds. The molecule has 0 atom stereocenters. The molecule has 4 aromatic rings. The molecule has 0 saturated heterocycles. The number of thiazole rings is 1. The number of carbonyl (C=O) groups is 2. The van der Waals surface area contributed by atoms with Crippen LogP contribution in [0.15, 0.2) is 76.6 Å². The van der Waals surface area contributed by atoms with E-state index in [-0.39, 0.29) is 25.7 Å². The first kappa shape index (κ1) is 25.7. The molecule has 0 spiro atoms. The van der Waals surface area contributed by atoms with Gasteiger partial charge in [0.25, 0.3) is 5.91 Å². The average molecular weight is 594 g/mol. The van der Waals surface area contributed by atoms with Crippen molar-refractivity contribution in [3.63, 3.8) is 0 Å². The van der Waals surface area contributed by atoms with Gasteiger partial charge in [-0.05, 0) is 53.6 Å². The lowest BCUT2D eigenvalue weighted by Crippen LogP contribution is -2.26. The van der Waals surface area contributed by atoms with E-state index in [2.05, 4.69) is 38.3 Å². The van der Waals surface area contributed by atoms with Gasteiger partial charge in [0, 0.05) is 40.6 Å². The van der Waals surface area contributed by atoms with Crippen LogP contribution in [-0.2, 0) is 17.9 Å². The number of carboxylic acids is 1. The van der Waals surface area contributed by atoms with Gasteiger partial charge >= 0.3 is 5.97 Å². The van der Waals surface area contributed by atoms with E-state index in [9.17, 15) is 9.59 Å². The van der Waals surface area contributed by atoms with Crippen molar-refractivity contribution in [1.29, 1.82) is 0 Å². The molecule has 0 bridgehead atoms. The molecule has 2 heterocycles. The summed E-state index contributed by atoms with van der Waals surface area (Å²) >= 11 is 5.07. The first-order valence-corrected chi connectivity index (χ1v) is 13.6. The van der Waals surface area contributed by atoms with Crippen LogP contribution in [0.1, 0.15) is 27.9 Å². The zero-order chi connectivity index (χ0) is 26.5. The Kier molecular flexibility index (Phi) is 7.90. The molecule has 194 valence electrons. The predicted octanol–water partition coefficient (Wildman–Crippen LogP) is 5.71. The second kappa shape index (κ2) is 11.7. The first-order chi connectivity index (χ1) is 18.4. The van der Waals surface area contributed by atoms with Gasteiger partial charge in [0.15, 0.2) is 16.6 Å². The van der Waals surface area contributed by atoms with Crippen molar-refractivity contribution in [2.75, 3.05) is 18.2 Å². The zero-order valence-electron chi connectivity index (χ0n) is 20.2. The fraction of sp³-hybridized carbons (Fsp3) is 0.179. The van der Waals surface area contributed by atoms with E-state index in [1.54, 1.807) is 23.5 Å². The highest BCUT2D eigenvalue weighted by molar-refractivity contribution is 9.10. The lowest BCUT2D eigenvalue weighted by molar-refractivity contribution is -0.136. The van der Waals surface area contributed by atoms with E-state index in [0.717, 1.165) is 43.5 Å². The zero-order valence-corrected chi connectivity index (χ0v) is 22.6. The number of carbonyl (C=O) groups excluding carboxylic acids is 1. The first-order valence-electron chi connectivity index (χ1n) is 11.9. The van der Waals surface area contributed by atoms with Gasteiger partial charge in [-0.1, -0.05) is 40.2 Å². The van der Waals surface area contributed by atoms with Gasteiger partial charge in [0.05, 0.1) is 12.1 Å². The summed E-state index contributed by atoms with van der Waals surface area (Å²) in [5.41, 5.74) is 4.46. The summed E-state index contributed by atoms with van der Waals surface area (Å²) in [4.78, 5) is 30.1. The van der Waals surface area contributed by atoms with E-state index in [0.29, 0.717) is 18.7 Å². The minimum atomic E-state index is -0.949. The summed E-state index contributed by atoms with van der Waals surface area (Å²) in [6.45, 7) is 1.56. The van der Waals surface area contributed by atoms with Crippen LogP contribution in [0.5, 0.6) is 11.5 Å². The third kappa shape index (κ3) is 6.32. The Labute approximate surface area is 232 Å².